The lowest BCUT2D eigenvalue weighted by molar-refractivity contribution is -0.137. The SMILES string of the molecule is CCN(CC1CCNCC1)c1ncc(Br)cc1C(F)(F)F. The van der Waals surface area contributed by atoms with Gasteiger partial charge in [0.25, 0.3) is 0 Å². The van der Waals surface area contributed by atoms with Gasteiger partial charge in [-0.15, -0.1) is 0 Å². The minimum Gasteiger partial charge on any atom is -0.356 e. The predicted molar refractivity (Wildman–Crippen MR) is 80.4 cm³/mol. The smallest absolute Gasteiger partial charge is 0.356 e. The minimum absolute atomic E-state index is 0.0340. The van der Waals surface area contributed by atoms with Crippen molar-refractivity contribution < 1.29 is 13.2 Å². The van der Waals surface area contributed by atoms with Crippen LogP contribution in [0.4, 0.5) is 19.0 Å². The molecule has 21 heavy (non-hydrogen) atoms. The molecule has 0 radical (unpaired) electrons. The molecule has 1 aliphatic heterocycles. The maximum atomic E-state index is 13.2. The van der Waals surface area contributed by atoms with Crippen molar-refractivity contribution in [1.82, 2.24) is 10.3 Å². The van der Waals surface area contributed by atoms with E-state index in [1.807, 2.05) is 6.92 Å². The number of nitrogens with one attached hydrogen (secondary N) is 1. The molecule has 1 fully saturated rings. The minimum atomic E-state index is -4.40. The van der Waals surface area contributed by atoms with E-state index in [0.717, 1.165) is 32.0 Å². The Morgan fingerprint density at radius 1 is 1.38 bits per heavy atom. The van der Waals surface area contributed by atoms with Gasteiger partial charge in [0.1, 0.15) is 5.82 Å². The molecule has 118 valence electrons. The first kappa shape index (κ1) is 16.5. The Balaban J connectivity index is 2.24. The van der Waals surface area contributed by atoms with Crippen molar-refractivity contribution in [3.63, 3.8) is 0 Å². The Labute approximate surface area is 131 Å². The van der Waals surface area contributed by atoms with E-state index < -0.39 is 11.7 Å². The molecule has 2 heterocycles. The summed E-state index contributed by atoms with van der Waals surface area (Å²) in [5.74, 6) is 0.449. The fourth-order valence-electron chi connectivity index (χ4n) is 2.63. The number of halogens is 4. The zero-order chi connectivity index (χ0) is 15.5. The lowest BCUT2D eigenvalue weighted by Crippen LogP contribution is -2.37. The molecule has 1 aromatic heterocycles. The number of nitrogens with zero attached hydrogens (tertiary/aromatic N) is 2. The molecule has 3 nitrogen and oxygen atoms in total. The summed E-state index contributed by atoms with van der Waals surface area (Å²) in [4.78, 5) is 5.77. The molecule has 0 unspecified atom stereocenters. The van der Waals surface area contributed by atoms with Crippen molar-refractivity contribution >= 4 is 21.7 Å². The molecule has 0 bridgehead atoms. The van der Waals surface area contributed by atoms with Crippen LogP contribution in [0, 0.1) is 5.92 Å². The molecule has 0 amide bonds. The standard InChI is InChI=1S/C14H19BrF3N3/c1-2-21(9-10-3-5-19-6-4-10)13-12(14(16,17)18)7-11(15)8-20-13/h7-8,10,19H,2-6,9H2,1H3. The summed E-state index contributed by atoms with van der Waals surface area (Å²) in [5, 5.41) is 3.27. The highest BCUT2D eigenvalue weighted by Gasteiger charge is 2.36. The van der Waals surface area contributed by atoms with Crippen LogP contribution in [0.2, 0.25) is 0 Å². The van der Waals surface area contributed by atoms with Gasteiger partial charge < -0.3 is 10.2 Å². The Morgan fingerprint density at radius 2 is 2.05 bits per heavy atom. The van der Waals surface area contributed by atoms with Crippen LogP contribution in [0.1, 0.15) is 25.3 Å². The van der Waals surface area contributed by atoms with Crippen LogP contribution in [-0.2, 0) is 6.18 Å². The van der Waals surface area contributed by atoms with E-state index in [2.05, 4.69) is 26.2 Å². The molecule has 2 rings (SSSR count). The zero-order valence-electron chi connectivity index (χ0n) is 11.9. The third-order valence-corrected chi connectivity index (χ3v) is 4.19. The normalized spacial score (nSPS) is 17.0. The van der Waals surface area contributed by atoms with E-state index in [1.54, 1.807) is 4.90 Å². The second-order valence-electron chi connectivity index (χ2n) is 5.25. The van der Waals surface area contributed by atoms with Crippen LogP contribution in [0.5, 0.6) is 0 Å². The van der Waals surface area contributed by atoms with Gasteiger partial charge in [-0.25, -0.2) is 4.98 Å². The largest absolute Gasteiger partial charge is 0.419 e. The van der Waals surface area contributed by atoms with Gasteiger partial charge in [0.15, 0.2) is 0 Å². The summed E-state index contributed by atoms with van der Waals surface area (Å²) in [6, 6.07) is 1.10. The number of hydrogen-bond acceptors (Lipinski definition) is 3. The van der Waals surface area contributed by atoms with E-state index >= 15 is 0 Å². The van der Waals surface area contributed by atoms with Crippen LogP contribution in [0.25, 0.3) is 0 Å². The second kappa shape index (κ2) is 6.96. The lowest BCUT2D eigenvalue weighted by atomic mass is 9.97. The molecule has 1 N–H and O–H groups in total. The van der Waals surface area contributed by atoms with Gasteiger partial charge in [-0.2, -0.15) is 13.2 Å². The number of rotatable bonds is 4. The second-order valence-corrected chi connectivity index (χ2v) is 6.17. The summed E-state index contributed by atoms with van der Waals surface area (Å²) in [7, 11) is 0. The Kier molecular flexibility index (Phi) is 5.48. The molecular weight excluding hydrogens is 347 g/mol. The Morgan fingerprint density at radius 3 is 2.62 bits per heavy atom. The fourth-order valence-corrected chi connectivity index (χ4v) is 2.97. The fraction of sp³-hybridized carbons (Fsp3) is 0.643. The van der Waals surface area contributed by atoms with Crippen LogP contribution >= 0.6 is 15.9 Å². The van der Waals surface area contributed by atoms with Gasteiger partial charge in [0.2, 0.25) is 0 Å². The van der Waals surface area contributed by atoms with Crippen LogP contribution in [0.15, 0.2) is 16.7 Å². The maximum absolute atomic E-state index is 13.2. The Hall–Kier alpha value is -0.820. The molecular formula is C14H19BrF3N3. The van der Waals surface area contributed by atoms with Crippen LogP contribution < -0.4 is 10.2 Å². The third-order valence-electron chi connectivity index (χ3n) is 3.76. The molecule has 7 heteroatoms. The molecule has 1 aromatic rings. The van der Waals surface area contributed by atoms with Gasteiger partial charge in [-0.05, 0) is 60.8 Å². The number of hydrogen-bond donors (Lipinski definition) is 1. The average Bonchev–Trinajstić information content (AvgIpc) is 2.45. The van der Waals surface area contributed by atoms with Crippen molar-refractivity contribution in [3.8, 4) is 0 Å². The number of anilines is 1. The van der Waals surface area contributed by atoms with E-state index in [-0.39, 0.29) is 5.82 Å². The van der Waals surface area contributed by atoms with E-state index in [9.17, 15) is 13.2 Å². The van der Waals surface area contributed by atoms with E-state index in [0.29, 0.717) is 23.5 Å². The number of pyridine rings is 1. The quantitative estimate of drug-likeness (QED) is 0.881. The van der Waals surface area contributed by atoms with Gasteiger partial charge in [0.05, 0.1) is 5.56 Å². The first-order valence-corrected chi connectivity index (χ1v) is 7.89. The highest BCUT2D eigenvalue weighted by molar-refractivity contribution is 9.10. The molecule has 0 spiro atoms. The van der Waals surface area contributed by atoms with Gasteiger partial charge in [-0.3, -0.25) is 0 Å². The Bertz CT molecular complexity index is 473. The van der Waals surface area contributed by atoms with Crippen molar-refractivity contribution in [2.75, 3.05) is 31.1 Å². The van der Waals surface area contributed by atoms with Crippen molar-refractivity contribution in [3.05, 3.63) is 22.3 Å². The van der Waals surface area contributed by atoms with Crippen molar-refractivity contribution in [2.45, 2.75) is 25.9 Å². The topological polar surface area (TPSA) is 28.2 Å². The van der Waals surface area contributed by atoms with Crippen molar-refractivity contribution in [1.29, 1.82) is 0 Å². The van der Waals surface area contributed by atoms with E-state index in [1.165, 1.54) is 6.20 Å². The van der Waals surface area contributed by atoms with Gasteiger partial charge >= 0.3 is 6.18 Å². The monoisotopic (exact) mass is 365 g/mol. The third kappa shape index (κ3) is 4.32. The number of piperidine rings is 1. The summed E-state index contributed by atoms with van der Waals surface area (Å²) in [6.07, 6.45) is -0.980. The van der Waals surface area contributed by atoms with E-state index in [4.69, 9.17) is 0 Å². The highest BCUT2D eigenvalue weighted by Crippen LogP contribution is 2.37. The first-order chi connectivity index (χ1) is 9.91. The summed E-state index contributed by atoms with van der Waals surface area (Å²) in [6.45, 7) is 4.87. The molecule has 0 aromatic carbocycles. The zero-order valence-corrected chi connectivity index (χ0v) is 13.5. The van der Waals surface area contributed by atoms with Crippen molar-refractivity contribution in [2.24, 2.45) is 5.92 Å². The highest BCUT2D eigenvalue weighted by atomic mass is 79.9. The van der Waals surface area contributed by atoms with Gasteiger partial charge in [0, 0.05) is 23.8 Å². The predicted octanol–water partition coefficient (Wildman–Crippen LogP) is 3.69. The summed E-state index contributed by atoms with van der Waals surface area (Å²) in [5.41, 5.74) is -0.673. The number of alkyl halides is 3. The first-order valence-electron chi connectivity index (χ1n) is 7.10. The molecule has 0 saturated carbocycles. The average molecular weight is 366 g/mol. The number of aromatic nitrogens is 1. The molecule has 0 aliphatic carbocycles. The van der Waals surface area contributed by atoms with Crippen LogP contribution in [0.3, 0.4) is 0 Å². The lowest BCUT2D eigenvalue weighted by Gasteiger charge is -2.31. The summed E-state index contributed by atoms with van der Waals surface area (Å²) < 4.78 is 40.0. The summed E-state index contributed by atoms with van der Waals surface area (Å²) >= 11 is 3.07. The maximum Gasteiger partial charge on any atom is 0.419 e. The molecule has 0 atom stereocenters. The molecule has 1 aliphatic rings. The molecule has 1 saturated heterocycles. The van der Waals surface area contributed by atoms with Crippen LogP contribution in [-0.4, -0.2) is 31.2 Å². The van der Waals surface area contributed by atoms with Gasteiger partial charge in [-0.1, -0.05) is 0 Å².